The van der Waals surface area contributed by atoms with Crippen LogP contribution in [-0.2, 0) is 26.2 Å². The van der Waals surface area contributed by atoms with Gasteiger partial charge in [-0.05, 0) is 47.9 Å². The van der Waals surface area contributed by atoms with Gasteiger partial charge in [-0.1, -0.05) is 26.0 Å². The lowest BCUT2D eigenvalue weighted by molar-refractivity contribution is -0.133. The lowest BCUT2D eigenvalue weighted by Gasteiger charge is -2.23. The third-order valence-corrected chi connectivity index (χ3v) is 5.34. The van der Waals surface area contributed by atoms with Gasteiger partial charge < -0.3 is 13.8 Å². The molecular formula is C21H26FNO5S. The maximum atomic E-state index is 13.0. The van der Waals surface area contributed by atoms with Crippen LogP contribution in [0.4, 0.5) is 4.39 Å². The summed E-state index contributed by atoms with van der Waals surface area (Å²) in [6.07, 6.45) is 0.416. The van der Waals surface area contributed by atoms with Gasteiger partial charge >= 0.3 is 10.1 Å². The van der Waals surface area contributed by atoms with Crippen LogP contribution in [0.15, 0.2) is 53.4 Å². The largest absolute Gasteiger partial charge is 0.383 e. The fourth-order valence-electron chi connectivity index (χ4n) is 2.66. The molecule has 0 aliphatic rings. The monoisotopic (exact) mass is 423 g/mol. The molecule has 2 rings (SSSR count). The lowest BCUT2D eigenvalue weighted by atomic mass is 10.1. The molecule has 158 valence electrons. The van der Waals surface area contributed by atoms with E-state index in [-0.39, 0.29) is 22.5 Å². The highest BCUT2D eigenvalue weighted by Crippen LogP contribution is 2.21. The molecule has 0 aliphatic heterocycles. The van der Waals surface area contributed by atoms with Crippen molar-refractivity contribution in [2.24, 2.45) is 5.92 Å². The van der Waals surface area contributed by atoms with Crippen molar-refractivity contribution >= 4 is 16.0 Å². The fraction of sp³-hybridized carbons (Fsp3) is 0.381. The van der Waals surface area contributed by atoms with E-state index in [2.05, 4.69) is 0 Å². The average Bonchev–Trinajstić information content (AvgIpc) is 2.64. The summed E-state index contributed by atoms with van der Waals surface area (Å²) in [6, 6.07) is 10.9. The number of methoxy groups -OCH3 is 1. The Hall–Kier alpha value is -2.45. The molecule has 0 saturated carbocycles. The van der Waals surface area contributed by atoms with Crippen LogP contribution in [-0.4, -0.2) is 39.5 Å². The van der Waals surface area contributed by atoms with E-state index < -0.39 is 15.9 Å². The summed E-state index contributed by atoms with van der Waals surface area (Å²) in [5.74, 6) is -0.187. The predicted molar refractivity (Wildman–Crippen MR) is 107 cm³/mol. The molecule has 0 fully saturated rings. The second-order valence-corrected chi connectivity index (χ2v) is 8.59. The Kier molecular flexibility index (Phi) is 8.16. The molecule has 0 aliphatic carbocycles. The molecular weight excluding hydrogens is 397 g/mol. The Morgan fingerprint density at radius 3 is 2.45 bits per heavy atom. The minimum Gasteiger partial charge on any atom is -0.383 e. The van der Waals surface area contributed by atoms with E-state index in [1.165, 1.54) is 6.07 Å². The number of amides is 1. The second-order valence-electron chi connectivity index (χ2n) is 7.04. The van der Waals surface area contributed by atoms with Crippen LogP contribution in [0.1, 0.15) is 25.8 Å². The van der Waals surface area contributed by atoms with Gasteiger partial charge in [-0.3, -0.25) is 4.79 Å². The van der Waals surface area contributed by atoms with Gasteiger partial charge in [-0.15, -0.1) is 0 Å². The van der Waals surface area contributed by atoms with Crippen molar-refractivity contribution in [3.05, 3.63) is 59.9 Å². The summed E-state index contributed by atoms with van der Waals surface area (Å²) in [5, 5.41) is 0. The van der Waals surface area contributed by atoms with Gasteiger partial charge in [0.1, 0.15) is 16.5 Å². The summed E-state index contributed by atoms with van der Waals surface area (Å²) >= 11 is 0. The van der Waals surface area contributed by atoms with E-state index in [0.29, 0.717) is 26.1 Å². The van der Waals surface area contributed by atoms with Crippen LogP contribution in [0.2, 0.25) is 0 Å². The molecule has 0 radical (unpaired) electrons. The van der Waals surface area contributed by atoms with Gasteiger partial charge in [0.15, 0.2) is 0 Å². The third-order valence-electron chi connectivity index (χ3n) is 4.08. The minimum absolute atomic E-state index is 0.00213. The van der Waals surface area contributed by atoms with Gasteiger partial charge in [0.2, 0.25) is 5.91 Å². The zero-order valence-corrected chi connectivity index (χ0v) is 17.6. The number of benzene rings is 2. The fourth-order valence-corrected chi connectivity index (χ4v) is 3.59. The molecule has 29 heavy (non-hydrogen) atoms. The summed E-state index contributed by atoms with van der Waals surface area (Å²) in [4.78, 5) is 14.0. The van der Waals surface area contributed by atoms with Crippen LogP contribution in [0.5, 0.6) is 5.75 Å². The Morgan fingerprint density at radius 2 is 1.83 bits per heavy atom. The molecule has 1 amide bonds. The van der Waals surface area contributed by atoms with Crippen molar-refractivity contribution < 1.29 is 26.5 Å². The zero-order valence-electron chi connectivity index (χ0n) is 16.8. The molecule has 0 atom stereocenters. The SMILES string of the molecule is COCCN(Cc1cccc(OS(=O)(=O)c2ccc(F)cc2)c1)C(=O)CC(C)C. The molecule has 0 saturated heterocycles. The Morgan fingerprint density at radius 1 is 1.14 bits per heavy atom. The van der Waals surface area contributed by atoms with Crippen molar-refractivity contribution in [1.29, 1.82) is 0 Å². The Labute approximate surface area is 171 Å². The summed E-state index contributed by atoms with van der Waals surface area (Å²) < 4.78 is 48.1. The average molecular weight is 424 g/mol. The maximum Gasteiger partial charge on any atom is 0.339 e. The van der Waals surface area contributed by atoms with Crippen molar-refractivity contribution in [2.75, 3.05) is 20.3 Å². The van der Waals surface area contributed by atoms with Crippen molar-refractivity contribution in [3.63, 3.8) is 0 Å². The quantitative estimate of drug-likeness (QED) is 0.546. The molecule has 0 heterocycles. The first-order chi connectivity index (χ1) is 13.7. The van der Waals surface area contributed by atoms with Crippen LogP contribution in [0, 0.1) is 11.7 Å². The Bertz CT molecular complexity index is 913. The first kappa shape index (κ1) is 22.8. The lowest BCUT2D eigenvalue weighted by Crippen LogP contribution is -2.34. The van der Waals surface area contributed by atoms with Gasteiger partial charge in [0, 0.05) is 26.6 Å². The number of rotatable bonds is 10. The van der Waals surface area contributed by atoms with Crippen molar-refractivity contribution in [1.82, 2.24) is 4.90 Å². The topological polar surface area (TPSA) is 72.9 Å². The molecule has 0 aromatic heterocycles. The van der Waals surface area contributed by atoms with Crippen LogP contribution in [0.25, 0.3) is 0 Å². The molecule has 2 aromatic rings. The maximum absolute atomic E-state index is 13.0. The van der Waals surface area contributed by atoms with Crippen LogP contribution < -0.4 is 4.18 Å². The molecule has 2 aromatic carbocycles. The molecule has 0 spiro atoms. The van der Waals surface area contributed by atoms with Crippen molar-refractivity contribution in [2.45, 2.75) is 31.7 Å². The van der Waals surface area contributed by atoms with E-state index in [4.69, 9.17) is 8.92 Å². The van der Waals surface area contributed by atoms with Gasteiger partial charge in [0.25, 0.3) is 0 Å². The smallest absolute Gasteiger partial charge is 0.339 e. The van der Waals surface area contributed by atoms with Crippen molar-refractivity contribution in [3.8, 4) is 5.75 Å². The number of carbonyl (C=O) groups excluding carboxylic acids is 1. The van der Waals surface area contributed by atoms with Crippen LogP contribution in [0.3, 0.4) is 0 Å². The zero-order chi connectivity index (χ0) is 21.4. The number of hydrogen-bond donors (Lipinski definition) is 0. The number of ether oxygens (including phenoxy) is 1. The van der Waals surface area contributed by atoms with E-state index in [9.17, 15) is 17.6 Å². The number of hydrogen-bond acceptors (Lipinski definition) is 5. The molecule has 8 heteroatoms. The number of carbonyl (C=O) groups is 1. The Balaban J connectivity index is 2.16. The molecule has 0 N–H and O–H groups in total. The van der Waals surface area contributed by atoms with Crippen LogP contribution >= 0.6 is 0 Å². The standard InChI is InChI=1S/C21H26FNO5S/c1-16(2)13-21(24)23(11-12-27-3)15-17-5-4-6-19(14-17)28-29(25,26)20-9-7-18(22)8-10-20/h4-10,14,16H,11-13,15H2,1-3H3. The van der Waals surface area contributed by atoms with E-state index in [1.54, 1.807) is 30.2 Å². The van der Waals surface area contributed by atoms with E-state index in [1.807, 2.05) is 13.8 Å². The van der Waals surface area contributed by atoms with E-state index >= 15 is 0 Å². The predicted octanol–water partition coefficient (Wildman–Crippen LogP) is 3.61. The molecule has 6 nitrogen and oxygen atoms in total. The summed E-state index contributed by atoms with van der Waals surface area (Å²) in [6.45, 7) is 5.09. The molecule has 0 bridgehead atoms. The summed E-state index contributed by atoms with van der Waals surface area (Å²) in [7, 11) is -2.52. The van der Waals surface area contributed by atoms with E-state index in [0.717, 1.165) is 29.8 Å². The first-order valence-electron chi connectivity index (χ1n) is 9.27. The minimum atomic E-state index is -4.09. The second kappa shape index (κ2) is 10.4. The first-order valence-corrected chi connectivity index (χ1v) is 10.7. The summed E-state index contributed by atoms with van der Waals surface area (Å²) in [5.41, 5.74) is 0.727. The van der Waals surface area contributed by atoms with Gasteiger partial charge in [-0.2, -0.15) is 8.42 Å². The highest BCUT2D eigenvalue weighted by molar-refractivity contribution is 7.87. The number of nitrogens with zero attached hydrogens (tertiary/aromatic N) is 1. The highest BCUT2D eigenvalue weighted by Gasteiger charge is 2.18. The normalized spacial score (nSPS) is 11.5. The highest BCUT2D eigenvalue weighted by atomic mass is 32.2. The number of halogens is 1. The van der Waals surface area contributed by atoms with Gasteiger partial charge in [0.05, 0.1) is 6.61 Å². The van der Waals surface area contributed by atoms with Gasteiger partial charge in [-0.25, -0.2) is 4.39 Å². The third kappa shape index (κ3) is 7.14. The molecule has 0 unspecified atom stereocenters.